The first-order valence-electron chi connectivity index (χ1n) is 18.1. The van der Waals surface area contributed by atoms with E-state index in [0.717, 1.165) is 0 Å². The summed E-state index contributed by atoms with van der Waals surface area (Å²) < 4.78 is 12.1. The Morgan fingerprint density at radius 2 is 1.23 bits per heavy atom. The van der Waals surface area contributed by atoms with Crippen LogP contribution in [0.4, 0.5) is 11.9 Å². The number of aromatic nitrogens is 8. The van der Waals surface area contributed by atoms with Gasteiger partial charge in [0.25, 0.3) is 17.7 Å². The Morgan fingerprint density at radius 3 is 1.71 bits per heavy atom. The maximum atomic E-state index is 13.5. The first-order chi connectivity index (χ1) is 27.0. The van der Waals surface area contributed by atoms with Crippen LogP contribution in [0.25, 0.3) is 22.1 Å². The SMILES string of the molecule is CCn1nc(C)cc1C(=O)Nc1nc2cc(C(N)=O)ccc2n1C/C=C/Cn1c(NC(=O)c2cc(C)nn2CC)nc2cc(C(=O)NCCOCCO)ccc21. The van der Waals surface area contributed by atoms with Gasteiger partial charge in [-0.2, -0.15) is 10.2 Å². The number of carbonyl (C=O) groups excluding carboxylic acids is 4. The van der Waals surface area contributed by atoms with Crippen molar-refractivity contribution in [3.05, 3.63) is 94.6 Å². The van der Waals surface area contributed by atoms with E-state index < -0.39 is 17.7 Å². The summed E-state index contributed by atoms with van der Waals surface area (Å²) in [7, 11) is 0. The van der Waals surface area contributed by atoms with E-state index in [1.54, 1.807) is 62.5 Å². The second-order valence-electron chi connectivity index (χ2n) is 12.8. The molecule has 0 unspecified atom stereocenters. The van der Waals surface area contributed by atoms with Crippen LogP contribution in [0, 0.1) is 13.8 Å². The van der Waals surface area contributed by atoms with E-state index in [-0.39, 0.29) is 62.8 Å². The summed E-state index contributed by atoms with van der Waals surface area (Å²) >= 11 is 0. The van der Waals surface area contributed by atoms with Crippen LogP contribution in [0.1, 0.15) is 66.9 Å². The third-order valence-corrected chi connectivity index (χ3v) is 8.87. The highest BCUT2D eigenvalue weighted by Gasteiger charge is 2.21. The maximum Gasteiger partial charge on any atom is 0.276 e. The van der Waals surface area contributed by atoms with Crippen molar-refractivity contribution >= 4 is 57.6 Å². The summed E-state index contributed by atoms with van der Waals surface area (Å²) in [5.41, 5.74) is 10.6. The topological polar surface area (TPSA) is 231 Å². The molecule has 0 atom stereocenters. The van der Waals surface area contributed by atoms with E-state index in [1.807, 2.05) is 44.4 Å². The number of carbonyl (C=O) groups is 4. The van der Waals surface area contributed by atoms with Crippen LogP contribution in [0.5, 0.6) is 0 Å². The van der Waals surface area contributed by atoms with E-state index in [2.05, 4.69) is 31.1 Å². The van der Waals surface area contributed by atoms with Gasteiger partial charge in [0, 0.05) is 43.9 Å². The monoisotopic (exact) mass is 764 g/mol. The van der Waals surface area contributed by atoms with Crippen molar-refractivity contribution < 1.29 is 29.0 Å². The molecule has 0 radical (unpaired) electrons. The maximum absolute atomic E-state index is 13.5. The number of aliphatic hydroxyl groups is 1. The molecular formula is C38H44N12O6. The lowest BCUT2D eigenvalue weighted by atomic mass is 10.2. The molecule has 18 heteroatoms. The molecular weight excluding hydrogens is 720 g/mol. The molecule has 0 fully saturated rings. The number of ether oxygens (including phenoxy) is 1. The fourth-order valence-corrected chi connectivity index (χ4v) is 6.25. The average Bonchev–Trinajstić information content (AvgIpc) is 3.94. The van der Waals surface area contributed by atoms with Crippen molar-refractivity contribution in [1.29, 1.82) is 0 Å². The minimum absolute atomic E-state index is 0.104. The number of allylic oxidation sites excluding steroid dienone is 2. The van der Waals surface area contributed by atoms with E-state index in [0.29, 0.717) is 63.5 Å². The number of rotatable bonds is 17. The molecule has 2 aromatic carbocycles. The van der Waals surface area contributed by atoms with Crippen molar-refractivity contribution in [1.82, 2.24) is 44.0 Å². The summed E-state index contributed by atoms with van der Waals surface area (Å²) in [4.78, 5) is 61.2. The summed E-state index contributed by atoms with van der Waals surface area (Å²) in [6.45, 7) is 9.53. The molecule has 6 aromatic rings. The number of imidazole rings is 2. The highest BCUT2D eigenvalue weighted by Crippen LogP contribution is 2.24. The molecule has 0 bridgehead atoms. The second-order valence-corrected chi connectivity index (χ2v) is 12.8. The van der Waals surface area contributed by atoms with Gasteiger partial charge in [-0.25, -0.2) is 9.97 Å². The lowest BCUT2D eigenvalue weighted by Crippen LogP contribution is -2.27. The lowest BCUT2D eigenvalue weighted by Gasteiger charge is -2.10. The minimum Gasteiger partial charge on any atom is -0.394 e. The number of aryl methyl sites for hydroxylation is 4. The summed E-state index contributed by atoms with van der Waals surface area (Å²) in [6.07, 6.45) is 3.77. The Hall–Kier alpha value is -6.66. The number of amides is 4. The number of nitrogens with zero attached hydrogens (tertiary/aromatic N) is 8. The molecule has 0 saturated heterocycles. The fraction of sp³-hybridized carbons (Fsp3) is 0.316. The van der Waals surface area contributed by atoms with Crippen LogP contribution in [0.2, 0.25) is 0 Å². The van der Waals surface area contributed by atoms with Crippen molar-refractivity contribution in [2.24, 2.45) is 5.73 Å². The normalized spacial score (nSPS) is 11.5. The summed E-state index contributed by atoms with van der Waals surface area (Å²) in [5.74, 6) is -1.20. The fourth-order valence-electron chi connectivity index (χ4n) is 6.25. The molecule has 0 spiro atoms. The predicted molar refractivity (Wildman–Crippen MR) is 209 cm³/mol. The zero-order valence-corrected chi connectivity index (χ0v) is 31.6. The van der Waals surface area contributed by atoms with Crippen LogP contribution in [-0.2, 0) is 30.9 Å². The Balaban J connectivity index is 1.29. The summed E-state index contributed by atoms with van der Waals surface area (Å²) in [6, 6.07) is 13.4. The lowest BCUT2D eigenvalue weighted by molar-refractivity contribution is 0.0837. The molecule has 6 rings (SSSR count). The van der Waals surface area contributed by atoms with Gasteiger partial charge < -0.3 is 30.0 Å². The van der Waals surface area contributed by atoms with Crippen LogP contribution in [0.3, 0.4) is 0 Å². The number of nitrogens with two attached hydrogens (primary N) is 1. The quantitative estimate of drug-likeness (QED) is 0.0673. The number of hydrogen-bond acceptors (Lipinski definition) is 10. The van der Waals surface area contributed by atoms with Crippen molar-refractivity contribution in [3.63, 3.8) is 0 Å². The molecule has 0 aliphatic rings. The molecule has 18 nitrogen and oxygen atoms in total. The second kappa shape index (κ2) is 17.2. The van der Waals surface area contributed by atoms with Gasteiger partial charge in [0.15, 0.2) is 0 Å². The molecule has 56 heavy (non-hydrogen) atoms. The van der Waals surface area contributed by atoms with Gasteiger partial charge in [0.05, 0.1) is 53.3 Å². The van der Waals surface area contributed by atoms with Gasteiger partial charge in [-0.05, 0) is 76.2 Å². The zero-order chi connectivity index (χ0) is 39.9. The van der Waals surface area contributed by atoms with Crippen molar-refractivity contribution in [2.75, 3.05) is 37.0 Å². The zero-order valence-electron chi connectivity index (χ0n) is 31.6. The first kappa shape index (κ1) is 39.0. The van der Waals surface area contributed by atoms with Crippen LogP contribution in [0.15, 0.2) is 60.7 Å². The molecule has 4 heterocycles. The third-order valence-electron chi connectivity index (χ3n) is 8.87. The number of anilines is 2. The largest absolute Gasteiger partial charge is 0.394 e. The molecule has 4 aromatic heterocycles. The number of primary amides is 1. The molecule has 0 aliphatic carbocycles. The van der Waals surface area contributed by atoms with Crippen LogP contribution >= 0.6 is 0 Å². The van der Waals surface area contributed by atoms with E-state index in [1.165, 1.54) is 0 Å². The standard InChI is InChI=1S/C38H44N12O6/c1-5-49-31(19-23(3)45-49)35(54)43-37-41-27-21-25(33(39)52)9-11-29(27)47(37)14-7-8-15-48-30-12-10-26(34(53)40-13-17-56-18-16-51)22-28(30)42-38(48)44-36(55)32-20-24(4)46-50(32)6-2/h7-12,19-22,51H,5-6,13-18H2,1-4H3,(H2,39,52)(H,40,53)(H,41,43,54)(H,42,44,55)/b8-7+. The number of fused-ring (bicyclic) bond motifs is 2. The van der Waals surface area contributed by atoms with Gasteiger partial charge in [-0.1, -0.05) is 12.2 Å². The Kier molecular flexibility index (Phi) is 12.0. The molecule has 292 valence electrons. The molecule has 0 saturated carbocycles. The van der Waals surface area contributed by atoms with Crippen LogP contribution in [-0.4, -0.2) is 93.8 Å². The molecule has 6 N–H and O–H groups in total. The molecule has 4 amide bonds. The third kappa shape index (κ3) is 8.50. The minimum atomic E-state index is -0.601. The van der Waals surface area contributed by atoms with Gasteiger partial charge in [-0.15, -0.1) is 0 Å². The van der Waals surface area contributed by atoms with Gasteiger partial charge in [-0.3, -0.25) is 39.2 Å². The van der Waals surface area contributed by atoms with Gasteiger partial charge >= 0.3 is 0 Å². The van der Waals surface area contributed by atoms with E-state index in [9.17, 15) is 19.2 Å². The highest BCUT2D eigenvalue weighted by molar-refractivity contribution is 6.04. The number of hydrogen-bond donors (Lipinski definition) is 5. The highest BCUT2D eigenvalue weighted by atomic mass is 16.5. The number of nitrogens with one attached hydrogen (secondary N) is 3. The Morgan fingerprint density at radius 1 is 0.732 bits per heavy atom. The number of aliphatic hydroxyl groups excluding tert-OH is 1. The van der Waals surface area contributed by atoms with Crippen LogP contribution < -0.4 is 21.7 Å². The van der Waals surface area contributed by atoms with E-state index in [4.69, 9.17) is 20.6 Å². The summed E-state index contributed by atoms with van der Waals surface area (Å²) in [5, 5.41) is 26.3. The van der Waals surface area contributed by atoms with Crippen molar-refractivity contribution in [3.8, 4) is 0 Å². The van der Waals surface area contributed by atoms with Gasteiger partial charge in [0.1, 0.15) is 11.4 Å². The van der Waals surface area contributed by atoms with E-state index >= 15 is 0 Å². The average molecular weight is 765 g/mol. The Bertz CT molecular complexity index is 2450. The smallest absolute Gasteiger partial charge is 0.276 e. The van der Waals surface area contributed by atoms with Gasteiger partial charge in [0.2, 0.25) is 17.8 Å². The Labute approximate surface area is 321 Å². The number of benzene rings is 2. The predicted octanol–water partition coefficient (Wildman–Crippen LogP) is 3.03. The van der Waals surface area contributed by atoms with Crippen molar-refractivity contribution in [2.45, 2.75) is 53.9 Å². The molecule has 0 aliphatic heterocycles. The first-order valence-corrected chi connectivity index (χ1v) is 18.1.